The van der Waals surface area contributed by atoms with Crippen molar-refractivity contribution in [3.05, 3.63) is 47.9 Å². The maximum absolute atomic E-state index is 12.8. The zero-order chi connectivity index (χ0) is 17.2. The molecule has 1 aromatic heterocycles. The molecule has 0 saturated heterocycles. The third-order valence-corrected chi connectivity index (χ3v) is 5.96. The molecule has 7 heteroatoms. The van der Waals surface area contributed by atoms with Crippen LogP contribution < -0.4 is 5.32 Å². The Bertz CT molecular complexity index is 807. The van der Waals surface area contributed by atoms with E-state index in [-0.39, 0.29) is 6.04 Å². The summed E-state index contributed by atoms with van der Waals surface area (Å²) in [5, 5.41) is 3.33. The smallest absolute Gasteiger partial charge is 0.243 e. The molecule has 0 saturated carbocycles. The average molecular weight is 346 g/mol. The summed E-state index contributed by atoms with van der Waals surface area (Å²) in [5.74, 6) is 0.814. The molecule has 0 spiro atoms. The van der Waals surface area contributed by atoms with Crippen LogP contribution in [0.15, 0.2) is 41.6 Å². The van der Waals surface area contributed by atoms with Crippen LogP contribution in [0.1, 0.15) is 25.1 Å². The first-order valence-corrected chi connectivity index (χ1v) is 9.57. The fourth-order valence-electron chi connectivity index (χ4n) is 2.89. The van der Waals surface area contributed by atoms with Crippen LogP contribution in [0.5, 0.6) is 0 Å². The topological polar surface area (TPSA) is 75.2 Å². The monoisotopic (exact) mass is 346 g/mol. The first-order chi connectivity index (χ1) is 11.5. The quantitative estimate of drug-likeness (QED) is 0.917. The highest BCUT2D eigenvalue weighted by atomic mass is 32.2. The molecule has 0 bridgehead atoms. The summed E-state index contributed by atoms with van der Waals surface area (Å²) in [6, 6.07) is 8.84. The summed E-state index contributed by atoms with van der Waals surface area (Å²) >= 11 is 0. The minimum absolute atomic E-state index is 0.261. The van der Waals surface area contributed by atoms with Crippen molar-refractivity contribution >= 4 is 15.8 Å². The lowest BCUT2D eigenvalue weighted by Crippen LogP contribution is -2.33. The van der Waals surface area contributed by atoms with Crippen molar-refractivity contribution in [2.75, 3.05) is 18.4 Å². The molecule has 6 nitrogen and oxygen atoms in total. The van der Waals surface area contributed by atoms with E-state index in [0.717, 1.165) is 17.1 Å². The van der Waals surface area contributed by atoms with Gasteiger partial charge in [-0.1, -0.05) is 18.2 Å². The number of rotatable bonds is 4. The van der Waals surface area contributed by atoms with E-state index in [0.29, 0.717) is 30.8 Å². The minimum atomic E-state index is -3.47. The molecule has 0 radical (unpaired) electrons. The van der Waals surface area contributed by atoms with E-state index >= 15 is 0 Å². The molecule has 24 heavy (non-hydrogen) atoms. The van der Waals surface area contributed by atoms with Crippen molar-refractivity contribution in [2.24, 2.45) is 0 Å². The number of sulfonamides is 1. The largest absolute Gasteiger partial charge is 0.368 e. The highest BCUT2D eigenvalue weighted by Crippen LogP contribution is 2.24. The number of nitrogens with one attached hydrogen (secondary N) is 1. The van der Waals surface area contributed by atoms with Crippen LogP contribution in [0, 0.1) is 0 Å². The summed E-state index contributed by atoms with van der Waals surface area (Å²) in [4.78, 5) is 9.03. The predicted octanol–water partition coefficient (Wildman–Crippen LogP) is 2.09. The Balaban J connectivity index is 1.86. The number of aromatic nitrogens is 2. The van der Waals surface area contributed by atoms with Gasteiger partial charge in [-0.25, -0.2) is 18.4 Å². The van der Waals surface area contributed by atoms with Crippen molar-refractivity contribution in [2.45, 2.75) is 37.6 Å². The summed E-state index contributed by atoms with van der Waals surface area (Å²) in [6.07, 6.45) is 2.75. The highest BCUT2D eigenvalue weighted by Gasteiger charge is 2.28. The van der Waals surface area contributed by atoms with Crippen molar-refractivity contribution in [1.82, 2.24) is 14.3 Å². The zero-order valence-corrected chi connectivity index (χ0v) is 14.8. The van der Waals surface area contributed by atoms with Crippen LogP contribution in [0.3, 0.4) is 0 Å². The van der Waals surface area contributed by atoms with Crippen LogP contribution in [0.25, 0.3) is 0 Å². The molecule has 1 aromatic carbocycles. The lowest BCUT2D eigenvalue weighted by atomic mass is 10.1. The summed E-state index contributed by atoms with van der Waals surface area (Å²) in [6.45, 7) is 4.97. The lowest BCUT2D eigenvalue weighted by Gasteiger charge is -2.19. The fraction of sp³-hybridized carbons (Fsp3) is 0.412. The molecule has 0 fully saturated rings. The van der Waals surface area contributed by atoms with Crippen LogP contribution in [-0.4, -0.2) is 41.8 Å². The predicted molar refractivity (Wildman–Crippen MR) is 93.4 cm³/mol. The first-order valence-electron chi connectivity index (χ1n) is 8.13. The molecular formula is C17H22N4O2S. The molecule has 1 aliphatic rings. The molecule has 1 N–H and O–H groups in total. The van der Waals surface area contributed by atoms with E-state index in [2.05, 4.69) is 29.1 Å². The van der Waals surface area contributed by atoms with Gasteiger partial charge in [0.2, 0.25) is 10.0 Å². The van der Waals surface area contributed by atoms with Gasteiger partial charge < -0.3 is 5.32 Å². The first kappa shape index (κ1) is 16.9. The van der Waals surface area contributed by atoms with Crippen molar-refractivity contribution in [1.29, 1.82) is 0 Å². The second-order valence-electron chi connectivity index (χ2n) is 6.16. The number of hydrogen-bond acceptors (Lipinski definition) is 5. The van der Waals surface area contributed by atoms with Gasteiger partial charge in [0.1, 0.15) is 12.1 Å². The average Bonchev–Trinajstić information content (AvgIpc) is 2.79. The number of hydrogen-bond donors (Lipinski definition) is 1. The molecule has 2 heterocycles. The fourth-order valence-corrected chi connectivity index (χ4v) is 4.35. The van der Waals surface area contributed by atoms with Gasteiger partial charge in [0.15, 0.2) is 0 Å². The highest BCUT2D eigenvalue weighted by molar-refractivity contribution is 7.89. The van der Waals surface area contributed by atoms with E-state index in [1.54, 1.807) is 34.9 Å². The normalized spacial score (nSPS) is 15.8. The van der Waals surface area contributed by atoms with Crippen molar-refractivity contribution in [3.63, 3.8) is 0 Å². The Morgan fingerprint density at radius 3 is 2.50 bits per heavy atom. The van der Waals surface area contributed by atoms with Crippen LogP contribution in [0.2, 0.25) is 0 Å². The number of fused-ring (bicyclic) bond motifs is 1. The number of nitrogens with zero attached hydrogens (tertiary/aromatic N) is 3. The van der Waals surface area contributed by atoms with Gasteiger partial charge >= 0.3 is 0 Å². The van der Waals surface area contributed by atoms with E-state index in [1.165, 1.54) is 0 Å². The van der Waals surface area contributed by atoms with Gasteiger partial charge in [-0.15, -0.1) is 0 Å². The molecule has 3 rings (SSSR count). The minimum Gasteiger partial charge on any atom is -0.368 e. The van der Waals surface area contributed by atoms with Crippen LogP contribution in [0.4, 0.5) is 5.82 Å². The third-order valence-electron chi connectivity index (χ3n) is 4.05. The van der Waals surface area contributed by atoms with Crippen molar-refractivity contribution in [3.8, 4) is 0 Å². The van der Waals surface area contributed by atoms with Gasteiger partial charge in [0, 0.05) is 31.1 Å². The lowest BCUT2D eigenvalue weighted by molar-refractivity contribution is 0.426. The molecule has 2 aromatic rings. The Morgan fingerprint density at radius 2 is 1.79 bits per heavy atom. The Hall–Kier alpha value is -1.99. The summed E-state index contributed by atoms with van der Waals surface area (Å²) < 4.78 is 27.2. The third kappa shape index (κ3) is 3.42. The Morgan fingerprint density at radius 1 is 1.08 bits per heavy atom. The van der Waals surface area contributed by atoms with E-state index in [1.807, 2.05) is 6.07 Å². The standard InChI is InChI=1S/C17H22N4O2S/c1-13(2)20-17-15-8-10-21(11-9-16(15)18-12-19-17)24(22,23)14-6-4-3-5-7-14/h3-7,12-13H,8-11H2,1-2H3,(H,18,19,20). The molecule has 0 unspecified atom stereocenters. The molecule has 0 atom stereocenters. The summed E-state index contributed by atoms with van der Waals surface area (Å²) in [5.41, 5.74) is 1.95. The van der Waals surface area contributed by atoms with Gasteiger partial charge in [-0.2, -0.15) is 4.31 Å². The van der Waals surface area contributed by atoms with E-state index in [4.69, 9.17) is 0 Å². The molecule has 0 amide bonds. The Labute approximate surface area is 143 Å². The van der Waals surface area contributed by atoms with Gasteiger partial charge in [0.25, 0.3) is 0 Å². The summed E-state index contributed by atoms with van der Waals surface area (Å²) in [7, 11) is -3.47. The maximum Gasteiger partial charge on any atom is 0.243 e. The SMILES string of the molecule is CC(C)Nc1ncnc2c1CCN(S(=O)(=O)c1ccccc1)CC2. The van der Waals surface area contributed by atoms with E-state index < -0.39 is 10.0 Å². The van der Waals surface area contributed by atoms with Crippen LogP contribution >= 0.6 is 0 Å². The van der Waals surface area contributed by atoms with Crippen molar-refractivity contribution < 1.29 is 8.42 Å². The molecule has 1 aliphatic heterocycles. The maximum atomic E-state index is 12.8. The van der Waals surface area contributed by atoms with Gasteiger partial charge in [-0.05, 0) is 32.4 Å². The second-order valence-corrected chi connectivity index (χ2v) is 8.10. The van der Waals surface area contributed by atoms with Gasteiger partial charge in [-0.3, -0.25) is 0 Å². The number of benzene rings is 1. The van der Waals surface area contributed by atoms with Gasteiger partial charge in [0.05, 0.1) is 10.6 Å². The molecule has 0 aliphatic carbocycles. The molecular weight excluding hydrogens is 324 g/mol. The zero-order valence-electron chi connectivity index (χ0n) is 13.9. The Kier molecular flexibility index (Phi) is 4.82. The van der Waals surface area contributed by atoms with E-state index in [9.17, 15) is 8.42 Å². The number of anilines is 1. The second kappa shape index (κ2) is 6.86. The molecule has 128 valence electrons. The van der Waals surface area contributed by atoms with Crippen LogP contribution in [-0.2, 0) is 22.9 Å².